The molecule has 0 aliphatic heterocycles. The Morgan fingerprint density at radius 2 is 1.10 bits per heavy atom. The van der Waals surface area contributed by atoms with Crippen molar-refractivity contribution in [2.75, 3.05) is 0 Å². The van der Waals surface area contributed by atoms with E-state index >= 15 is 0 Å². The van der Waals surface area contributed by atoms with Gasteiger partial charge in [-0.05, 0) is 28.4 Å². The number of carbonyl (C=O) groups excluding carboxylic acids is 1. The van der Waals surface area contributed by atoms with Crippen LogP contribution in [-0.4, -0.2) is 25.4 Å². The molecule has 2 unspecified atom stereocenters. The molecule has 3 aromatic rings. The van der Waals surface area contributed by atoms with Gasteiger partial charge in [-0.1, -0.05) is 97.4 Å². The van der Waals surface area contributed by atoms with Gasteiger partial charge >= 0.3 is 14.3 Å². The third kappa shape index (κ3) is 3.68. The average molecular weight is 417 g/mol. The monoisotopic (exact) mass is 416 g/mol. The molecule has 2 atom stereocenters. The first-order valence-corrected chi connectivity index (χ1v) is 12.2. The van der Waals surface area contributed by atoms with Crippen LogP contribution in [0.2, 0.25) is 0 Å². The number of hydrogen-bond acceptors (Lipinski definition) is 3. The van der Waals surface area contributed by atoms with Crippen LogP contribution in [-0.2, 0) is 14.0 Å². The maximum Gasteiger partial charge on any atom is 0.350 e. The van der Waals surface area contributed by atoms with E-state index in [1.54, 1.807) is 0 Å². The Labute approximate surface area is 177 Å². The molecule has 0 bridgehead atoms. The Hall–Kier alpha value is -3.18. The van der Waals surface area contributed by atoms with Crippen LogP contribution in [0.25, 0.3) is 0 Å². The zero-order valence-corrected chi connectivity index (χ0v) is 17.6. The largest absolute Gasteiger partial charge is 0.505 e. The number of carbonyl (C=O) groups is 2. The number of carboxylic acids is 1. The molecular weight excluding hydrogens is 392 g/mol. The summed E-state index contributed by atoms with van der Waals surface area (Å²) in [6.45, 7) is 0. The molecule has 1 saturated carbocycles. The quantitative estimate of drug-likeness (QED) is 0.496. The molecular formula is C25H24O4Si. The summed E-state index contributed by atoms with van der Waals surface area (Å²) in [7, 11) is -3.16. The van der Waals surface area contributed by atoms with Crippen LogP contribution in [0.3, 0.4) is 0 Å². The molecule has 5 heteroatoms. The highest BCUT2D eigenvalue weighted by atomic mass is 28.4. The van der Waals surface area contributed by atoms with Crippen molar-refractivity contribution < 1.29 is 19.1 Å². The summed E-state index contributed by atoms with van der Waals surface area (Å²) in [5.74, 6) is -2.60. The molecule has 0 heterocycles. The second kappa shape index (κ2) is 8.67. The number of aliphatic carboxylic acids is 1. The van der Waals surface area contributed by atoms with Crippen LogP contribution in [0, 0.1) is 11.8 Å². The summed E-state index contributed by atoms with van der Waals surface area (Å²) in [4.78, 5) is 25.1. The fourth-order valence-corrected chi connectivity index (χ4v) is 8.25. The maximum atomic E-state index is 13.4. The van der Waals surface area contributed by atoms with Gasteiger partial charge in [0.1, 0.15) is 0 Å². The topological polar surface area (TPSA) is 63.6 Å². The van der Waals surface area contributed by atoms with Crippen molar-refractivity contribution >= 4 is 35.8 Å². The van der Waals surface area contributed by atoms with Gasteiger partial charge in [-0.2, -0.15) is 0 Å². The van der Waals surface area contributed by atoms with E-state index in [1.807, 2.05) is 91.0 Å². The van der Waals surface area contributed by atoms with Gasteiger partial charge in [0.2, 0.25) is 0 Å². The molecule has 0 amide bonds. The summed E-state index contributed by atoms with van der Waals surface area (Å²) in [5, 5.41) is 12.5. The first kappa shape index (κ1) is 20.1. The molecule has 1 N–H and O–H groups in total. The van der Waals surface area contributed by atoms with Crippen LogP contribution >= 0.6 is 0 Å². The lowest BCUT2D eigenvalue weighted by Gasteiger charge is -2.33. The summed E-state index contributed by atoms with van der Waals surface area (Å²) in [6, 6.07) is 29.5. The van der Waals surface area contributed by atoms with Crippen molar-refractivity contribution in [3.63, 3.8) is 0 Å². The van der Waals surface area contributed by atoms with Gasteiger partial charge in [-0.15, -0.1) is 0 Å². The molecule has 0 aromatic heterocycles. The van der Waals surface area contributed by atoms with Crippen LogP contribution in [0.1, 0.15) is 19.3 Å². The predicted molar refractivity (Wildman–Crippen MR) is 119 cm³/mol. The third-order valence-corrected chi connectivity index (χ3v) is 9.88. The third-order valence-electron chi connectivity index (χ3n) is 5.93. The first-order chi connectivity index (χ1) is 14.6. The molecule has 4 nitrogen and oxygen atoms in total. The van der Waals surface area contributed by atoms with E-state index in [4.69, 9.17) is 4.43 Å². The SMILES string of the molecule is O=C(O)C1CCCC1C(=O)O[Si](c1ccccc1)(c1ccccc1)c1ccccc1. The number of benzene rings is 3. The normalized spacial score (nSPS) is 18.7. The highest BCUT2D eigenvalue weighted by Gasteiger charge is 2.48. The van der Waals surface area contributed by atoms with Crippen LogP contribution < -0.4 is 15.6 Å². The first-order valence-electron chi connectivity index (χ1n) is 10.2. The Morgan fingerprint density at radius 1 is 0.700 bits per heavy atom. The predicted octanol–water partition coefficient (Wildman–Crippen LogP) is 2.70. The highest BCUT2D eigenvalue weighted by Crippen LogP contribution is 2.33. The minimum Gasteiger partial charge on any atom is -0.505 e. The molecule has 3 aromatic carbocycles. The Kier molecular flexibility index (Phi) is 5.81. The number of rotatable bonds is 6. The van der Waals surface area contributed by atoms with Crippen molar-refractivity contribution in [3.05, 3.63) is 91.0 Å². The highest BCUT2D eigenvalue weighted by molar-refractivity contribution is 7.07. The minimum atomic E-state index is -3.16. The van der Waals surface area contributed by atoms with Crippen molar-refractivity contribution in [1.82, 2.24) is 0 Å². The Bertz CT molecular complexity index is 908. The van der Waals surface area contributed by atoms with Crippen molar-refractivity contribution in [3.8, 4) is 0 Å². The standard InChI is InChI=1S/C25H24O4Si/c26-24(27)22-17-10-18-23(22)25(28)29-30(19-11-4-1-5-12-19,20-13-6-2-7-14-20)21-15-8-3-9-16-21/h1-9,11-16,22-23H,10,17-18H2,(H,26,27). The van der Waals surface area contributed by atoms with Crippen molar-refractivity contribution in [1.29, 1.82) is 0 Å². The van der Waals surface area contributed by atoms with Gasteiger partial charge in [0.15, 0.2) is 0 Å². The lowest BCUT2D eigenvalue weighted by atomic mass is 9.97. The molecule has 152 valence electrons. The van der Waals surface area contributed by atoms with Gasteiger partial charge in [0.25, 0.3) is 5.97 Å². The number of hydrogen-bond donors (Lipinski definition) is 1. The van der Waals surface area contributed by atoms with Crippen LogP contribution in [0.4, 0.5) is 0 Å². The van der Waals surface area contributed by atoms with E-state index in [0.29, 0.717) is 12.8 Å². The summed E-state index contributed by atoms with van der Waals surface area (Å²) in [5.41, 5.74) is 0. The zero-order valence-electron chi connectivity index (χ0n) is 16.6. The van der Waals surface area contributed by atoms with Gasteiger partial charge < -0.3 is 9.53 Å². The van der Waals surface area contributed by atoms with E-state index in [-0.39, 0.29) is 0 Å². The Balaban J connectivity index is 1.87. The summed E-state index contributed by atoms with van der Waals surface area (Å²) >= 11 is 0. The molecule has 0 spiro atoms. The molecule has 1 aliphatic carbocycles. The van der Waals surface area contributed by atoms with Crippen molar-refractivity contribution in [2.24, 2.45) is 11.8 Å². The van der Waals surface area contributed by atoms with E-state index in [1.165, 1.54) is 0 Å². The smallest absolute Gasteiger partial charge is 0.350 e. The molecule has 30 heavy (non-hydrogen) atoms. The van der Waals surface area contributed by atoms with Gasteiger partial charge in [-0.25, -0.2) is 0 Å². The van der Waals surface area contributed by atoms with E-state index in [0.717, 1.165) is 22.0 Å². The lowest BCUT2D eigenvalue weighted by Crippen LogP contribution is -2.70. The molecule has 4 rings (SSSR count). The van der Waals surface area contributed by atoms with E-state index < -0.39 is 32.1 Å². The fourth-order valence-electron chi connectivity index (χ4n) is 4.46. The fraction of sp³-hybridized carbons (Fsp3) is 0.200. The van der Waals surface area contributed by atoms with Gasteiger partial charge in [-0.3, -0.25) is 9.59 Å². The minimum absolute atomic E-state index is 0.400. The summed E-state index contributed by atoms with van der Waals surface area (Å²) in [6.07, 6.45) is 1.80. The van der Waals surface area contributed by atoms with Crippen LogP contribution in [0.15, 0.2) is 91.0 Å². The van der Waals surface area contributed by atoms with Crippen LogP contribution in [0.5, 0.6) is 0 Å². The second-order valence-corrected chi connectivity index (χ2v) is 11.0. The van der Waals surface area contributed by atoms with E-state index in [2.05, 4.69) is 0 Å². The molecule has 1 fully saturated rings. The van der Waals surface area contributed by atoms with Gasteiger partial charge in [0, 0.05) is 0 Å². The molecule has 0 radical (unpaired) electrons. The molecule has 0 saturated heterocycles. The van der Waals surface area contributed by atoms with Gasteiger partial charge in [0.05, 0.1) is 11.8 Å². The second-order valence-electron chi connectivity index (χ2n) is 7.68. The number of carboxylic acid groups (broad SMARTS) is 1. The van der Waals surface area contributed by atoms with E-state index in [9.17, 15) is 14.7 Å². The molecule has 1 aliphatic rings. The summed E-state index contributed by atoms with van der Waals surface area (Å²) < 4.78 is 6.50. The lowest BCUT2D eigenvalue weighted by molar-refractivity contribution is -0.150. The Morgan fingerprint density at radius 3 is 1.50 bits per heavy atom. The maximum absolute atomic E-state index is 13.4. The van der Waals surface area contributed by atoms with Crippen molar-refractivity contribution in [2.45, 2.75) is 19.3 Å². The zero-order chi connectivity index (χ0) is 21.0. The average Bonchev–Trinajstić information content (AvgIpc) is 3.30.